The maximum Gasteiger partial charge on any atom is 0.271 e. The molecule has 1 aromatic rings. The second-order valence-corrected chi connectivity index (χ2v) is 4.46. The third-order valence-corrected chi connectivity index (χ3v) is 3.18. The number of aryl methyl sites for hydroxylation is 1. The highest BCUT2D eigenvalue weighted by molar-refractivity contribution is 5.56. The highest BCUT2D eigenvalue weighted by Gasteiger charge is 2.25. The zero-order valence-corrected chi connectivity index (χ0v) is 9.80. The molecule has 0 saturated carbocycles. The molecule has 17 heavy (non-hydrogen) atoms. The molecule has 1 aliphatic rings. The van der Waals surface area contributed by atoms with Crippen molar-refractivity contribution in [2.24, 2.45) is 0 Å². The molecule has 5 nitrogen and oxygen atoms in total. The summed E-state index contributed by atoms with van der Waals surface area (Å²) in [6.45, 7) is 2.80. The molecule has 1 atom stereocenters. The quantitative estimate of drug-likeness (QED) is 0.642. The summed E-state index contributed by atoms with van der Waals surface area (Å²) in [5.41, 5.74) is 1.83. The number of aliphatic hydroxyl groups is 1. The van der Waals surface area contributed by atoms with E-state index in [1.54, 1.807) is 12.1 Å². The molecule has 92 valence electrons. The molecule has 0 bridgehead atoms. The number of hydrogen-bond acceptors (Lipinski definition) is 4. The third-order valence-electron chi connectivity index (χ3n) is 3.18. The Balaban J connectivity index is 2.34. The van der Waals surface area contributed by atoms with Crippen LogP contribution in [0.2, 0.25) is 0 Å². The topological polar surface area (TPSA) is 66.6 Å². The van der Waals surface area contributed by atoms with Gasteiger partial charge in [0.15, 0.2) is 0 Å². The van der Waals surface area contributed by atoms with Gasteiger partial charge >= 0.3 is 0 Å². The van der Waals surface area contributed by atoms with E-state index in [0.29, 0.717) is 0 Å². The van der Waals surface area contributed by atoms with Crippen LogP contribution >= 0.6 is 0 Å². The second-order valence-electron chi connectivity index (χ2n) is 4.46. The van der Waals surface area contributed by atoms with Gasteiger partial charge in [0, 0.05) is 24.4 Å². The number of aliphatic hydroxyl groups excluding tert-OH is 1. The highest BCUT2D eigenvalue weighted by Crippen LogP contribution is 2.29. The number of nitro groups is 1. The molecular formula is C12H16N2O3. The van der Waals surface area contributed by atoms with Gasteiger partial charge in [-0.25, -0.2) is 0 Å². The van der Waals surface area contributed by atoms with E-state index in [1.165, 1.54) is 0 Å². The summed E-state index contributed by atoms with van der Waals surface area (Å²) in [5, 5.41) is 20.1. The monoisotopic (exact) mass is 236 g/mol. The van der Waals surface area contributed by atoms with Crippen molar-refractivity contribution < 1.29 is 10.0 Å². The lowest BCUT2D eigenvalue weighted by Crippen LogP contribution is -2.32. The summed E-state index contributed by atoms with van der Waals surface area (Å²) in [4.78, 5) is 12.5. The van der Waals surface area contributed by atoms with Crippen LogP contribution in [0.15, 0.2) is 18.2 Å². The maximum absolute atomic E-state index is 10.8. The van der Waals surface area contributed by atoms with E-state index in [0.717, 1.165) is 30.6 Å². The van der Waals surface area contributed by atoms with Gasteiger partial charge in [-0.1, -0.05) is 0 Å². The van der Waals surface area contributed by atoms with Gasteiger partial charge in [-0.3, -0.25) is 10.1 Å². The average Bonchev–Trinajstić information content (AvgIpc) is 2.76. The lowest BCUT2D eigenvalue weighted by molar-refractivity contribution is -0.384. The van der Waals surface area contributed by atoms with Gasteiger partial charge in [0.25, 0.3) is 5.69 Å². The molecule has 1 aromatic carbocycles. The molecule has 0 aromatic heterocycles. The Kier molecular flexibility index (Phi) is 3.28. The van der Waals surface area contributed by atoms with Crippen molar-refractivity contribution in [3.05, 3.63) is 33.9 Å². The van der Waals surface area contributed by atoms with Crippen LogP contribution < -0.4 is 4.90 Å². The van der Waals surface area contributed by atoms with Crippen LogP contribution in [-0.2, 0) is 0 Å². The van der Waals surface area contributed by atoms with Crippen LogP contribution in [0, 0.1) is 17.0 Å². The predicted molar refractivity (Wildman–Crippen MR) is 65.3 cm³/mol. The summed E-state index contributed by atoms with van der Waals surface area (Å²) in [6, 6.07) is 5.17. The minimum absolute atomic E-state index is 0.0939. The van der Waals surface area contributed by atoms with Crippen molar-refractivity contribution in [3.63, 3.8) is 0 Å². The fourth-order valence-electron chi connectivity index (χ4n) is 2.38. The molecule has 1 saturated heterocycles. The van der Waals surface area contributed by atoms with Crippen molar-refractivity contribution in [1.29, 1.82) is 0 Å². The number of nitrogens with zero attached hydrogens (tertiary/aromatic N) is 2. The fraction of sp³-hybridized carbons (Fsp3) is 0.500. The van der Waals surface area contributed by atoms with E-state index in [1.807, 2.05) is 13.0 Å². The molecular weight excluding hydrogens is 220 g/mol. The van der Waals surface area contributed by atoms with Gasteiger partial charge in [-0.2, -0.15) is 0 Å². The van der Waals surface area contributed by atoms with Gasteiger partial charge in [-0.05, 0) is 31.4 Å². The second kappa shape index (κ2) is 4.71. The molecule has 2 rings (SSSR count). The summed E-state index contributed by atoms with van der Waals surface area (Å²) in [6.07, 6.45) is 1.96. The Morgan fingerprint density at radius 3 is 2.94 bits per heavy atom. The molecule has 5 heteroatoms. The van der Waals surface area contributed by atoms with Crippen molar-refractivity contribution in [2.75, 3.05) is 18.1 Å². The summed E-state index contributed by atoms with van der Waals surface area (Å²) in [7, 11) is 0. The number of nitro benzene ring substituents is 1. The van der Waals surface area contributed by atoms with Crippen molar-refractivity contribution in [2.45, 2.75) is 25.8 Å². The van der Waals surface area contributed by atoms with Crippen LogP contribution in [0.5, 0.6) is 0 Å². The maximum atomic E-state index is 10.8. The van der Waals surface area contributed by atoms with Crippen molar-refractivity contribution in [3.8, 4) is 0 Å². The molecule has 0 aliphatic carbocycles. The van der Waals surface area contributed by atoms with Crippen LogP contribution in [-0.4, -0.2) is 29.2 Å². The Bertz CT molecular complexity index is 434. The lowest BCUT2D eigenvalue weighted by Gasteiger charge is -2.25. The van der Waals surface area contributed by atoms with Crippen LogP contribution in [0.1, 0.15) is 18.4 Å². The summed E-state index contributed by atoms with van der Waals surface area (Å²) >= 11 is 0. The molecule has 1 unspecified atom stereocenters. The fourth-order valence-corrected chi connectivity index (χ4v) is 2.38. The van der Waals surface area contributed by atoms with Gasteiger partial charge in [0.1, 0.15) is 0 Å². The van der Waals surface area contributed by atoms with Crippen LogP contribution in [0.3, 0.4) is 0 Å². The Morgan fingerprint density at radius 1 is 1.53 bits per heavy atom. The number of benzene rings is 1. The third kappa shape index (κ3) is 2.39. The Labute approximate surface area is 99.8 Å². The van der Waals surface area contributed by atoms with Crippen molar-refractivity contribution >= 4 is 11.4 Å². The molecule has 0 radical (unpaired) electrons. The number of anilines is 1. The zero-order chi connectivity index (χ0) is 12.4. The van der Waals surface area contributed by atoms with E-state index < -0.39 is 0 Å². The minimum atomic E-state index is -0.374. The Hall–Kier alpha value is -1.62. The first-order chi connectivity index (χ1) is 8.11. The van der Waals surface area contributed by atoms with Crippen LogP contribution in [0.25, 0.3) is 0 Å². The van der Waals surface area contributed by atoms with Crippen LogP contribution in [0.4, 0.5) is 11.4 Å². The normalized spacial score (nSPS) is 19.6. The van der Waals surface area contributed by atoms with E-state index >= 15 is 0 Å². The number of hydrogen-bond donors (Lipinski definition) is 1. The van der Waals surface area contributed by atoms with Gasteiger partial charge < -0.3 is 10.0 Å². The largest absolute Gasteiger partial charge is 0.394 e. The first-order valence-corrected chi connectivity index (χ1v) is 5.75. The van der Waals surface area contributed by atoms with E-state index in [9.17, 15) is 15.2 Å². The number of rotatable bonds is 3. The molecule has 0 amide bonds. The van der Waals surface area contributed by atoms with E-state index in [4.69, 9.17) is 0 Å². The van der Waals surface area contributed by atoms with Gasteiger partial charge in [-0.15, -0.1) is 0 Å². The summed E-state index contributed by atoms with van der Waals surface area (Å²) in [5.74, 6) is 0. The first-order valence-electron chi connectivity index (χ1n) is 5.75. The number of non-ortho nitro benzene ring substituents is 1. The molecule has 1 N–H and O–H groups in total. The highest BCUT2D eigenvalue weighted by atomic mass is 16.6. The minimum Gasteiger partial charge on any atom is -0.394 e. The summed E-state index contributed by atoms with van der Waals surface area (Å²) < 4.78 is 0. The first kappa shape index (κ1) is 11.9. The van der Waals surface area contributed by atoms with E-state index in [-0.39, 0.29) is 23.3 Å². The average molecular weight is 236 g/mol. The molecule has 1 fully saturated rings. The zero-order valence-electron chi connectivity index (χ0n) is 9.80. The van der Waals surface area contributed by atoms with Gasteiger partial charge in [0.05, 0.1) is 17.6 Å². The van der Waals surface area contributed by atoms with Crippen molar-refractivity contribution in [1.82, 2.24) is 0 Å². The standard InChI is InChI=1S/C12H16N2O3/c1-9-5-11(7-12(6-9)14(16)17)13-4-2-3-10(13)8-15/h5-7,10,15H,2-4,8H2,1H3. The lowest BCUT2D eigenvalue weighted by atomic mass is 10.1. The molecule has 0 spiro atoms. The Morgan fingerprint density at radius 2 is 2.29 bits per heavy atom. The van der Waals surface area contributed by atoms with E-state index in [2.05, 4.69) is 4.90 Å². The molecule has 1 heterocycles. The molecule has 1 aliphatic heterocycles. The SMILES string of the molecule is Cc1cc(N2CCCC2CO)cc([N+](=O)[O-])c1. The smallest absolute Gasteiger partial charge is 0.271 e. The van der Waals surface area contributed by atoms with Gasteiger partial charge in [0.2, 0.25) is 0 Å². The predicted octanol–water partition coefficient (Wildman–Crippen LogP) is 1.86.